The van der Waals surface area contributed by atoms with Gasteiger partial charge in [0, 0.05) is 46.2 Å². The molecule has 0 saturated carbocycles. The van der Waals surface area contributed by atoms with Gasteiger partial charge in [-0.1, -0.05) is 24.3 Å². The fraction of sp³-hybridized carbons (Fsp3) is 0. The van der Waals surface area contributed by atoms with E-state index in [1.807, 2.05) is 0 Å². The van der Waals surface area contributed by atoms with Crippen molar-refractivity contribution < 1.29 is 18.7 Å². The van der Waals surface area contributed by atoms with E-state index in [0.29, 0.717) is 22.2 Å². The zero-order chi connectivity index (χ0) is 20.5. The van der Waals surface area contributed by atoms with Gasteiger partial charge in [0.2, 0.25) is 0 Å². The van der Waals surface area contributed by atoms with Crippen LogP contribution in [0.25, 0.3) is 27.7 Å². The number of aromatic amines is 1. The number of rotatable bonds is 4. The summed E-state index contributed by atoms with van der Waals surface area (Å²) >= 11 is 0. The number of benzene rings is 2. The van der Waals surface area contributed by atoms with Crippen LogP contribution in [-0.4, -0.2) is 20.9 Å². The number of carbonyl (C=O) groups excluding carboxylic acids is 1. The van der Waals surface area contributed by atoms with E-state index in [1.54, 1.807) is 36.5 Å². The molecule has 0 spiro atoms. The maximum Gasteiger partial charge on any atom is 0.197 e. The fourth-order valence-electron chi connectivity index (χ4n) is 3.18. The number of allylic oxidation sites excluding steroid dienone is 1. The van der Waals surface area contributed by atoms with Gasteiger partial charge in [-0.25, -0.2) is 13.8 Å². The third-order valence-corrected chi connectivity index (χ3v) is 4.61. The molecule has 0 aliphatic heterocycles. The lowest BCUT2D eigenvalue weighted by atomic mass is 9.96. The van der Waals surface area contributed by atoms with E-state index in [-0.39, 0.29) is 22.4 Å². The molecule has 4 rings (SSSR count). The van der Waals surface area contributed by atoms with Crippen LogP contribution in [0.3, 0.4) is 0 Å². The molecule has 0 radical (unpaired) electrons. The van der Waals surface area contributed by atoms with Crippen LogP contribution in [0.5, 0.6) is 5.75 Å². The first-order valence-corrected chi connectivity index (χ1v) is 8.67. The number of pyridine rings is 1. The number of H-pyrrole nitrogens is 1. The van der Waals surface area contributed by atoms with Crippen LogP contribution in [0.4, 0.5) is 8.78 Å². The monoisotopic (exact) mass is 391 g/mol. The lowest BCUT2D eigenvalue weighted by molar-refractivity contribution is 0.105. The largest absolute Gasteiger partial charge is 0.508 e. The number of nitrogens with zero attached hydrogens (tertiary/aromatic N) is 1. The van der Waals surface area contributed by atoms with Gasteiger partial charge in [0.25, 0.3) is 0 Å². The average molecular weight is 391 g/mol. The molecule has 5 nitrogen and oxygen atoms in total. The standard InChI is InChI=1S/C22H15F2N3O2/c23-19-6-2-5-15(20(19)24)17(9-25)21(29)18-11-27-22-16(18)8-13(10-26-22)12-3-1-4-14(28)7-12/h1-11,28H,25H2,(H,26,27). The molecule has 4 N–H and O–H groups in total. The van der Waals surface area contributed by atoms with E-state index < -0.39 is 17.4 Å². The quantitative estimate of drug-likeness (QED) is 0.355. The summed E-state index contributed by atoms with van der Waals surface area (Å²) in [6.07, 6.45) is 4.02. The topological polar surface area (TPSA) is 92.0 Å². The number of nitrogens with two attached hydrogens (primary N) is 1. The van der Waals surface area contributed by atoms with Crippen molar-refractivity contribution in [2.24, 2.45) is 5.73 Å². The molecule has 0 amide bonds. The van der Waals surface area contributed by atoms with E-state index in [1.165, 1.54) is 18.3 Å². The Morgan fingerprint density at radius 3 is 2.62 bits per heavy atom. The highest BCUT2D eigenvalue weighted by Gasteiger charge is 2.22. The molecule has 0 aliphatic carbocycles. The lowest BCUT2D eigenvalue weighted by Crippen LogP contribution is -2.07. The summed E-state index contributed by atoms with van der Waals surface area (Å²) in [5.41, 5.74) is 7.27. The van der Waals surface area contributed by atoms with Gasteiger partial charge in [0.05, 0.1) is 0 Å². The average Bonchev–Trinajstić information content (AvgIpc) is 3.14. The van der Waals surface area contributed by atoms with E-state index in [2.05, 4.69) is 9.97 Å². The first kappa shape index (κ1) is 18.4. The van der Waals surface area contributed by atoms with Gasteiger partial charge in [-0.05, 0) is 29.8 Å². The predicted octanol–water partition coefficient (Wildman–Crippen LogP) is 4.40. The Morgan fingerprint density at radius 2 is 1.86 bits per heavy atom. The highest BCUT2D eigenvalue weighted by atomic mass is 19.2. The predicted molar refractivity (Wildman–Crippen MR) is 106 cm³/mol. The summed E-state index contributed by atoms with van der Waals surface area (Å²) < 4.78 is 27.8. The molecule has 29 heavy (non-hydrogen) atoms. The Labute approximate surface area is 164 Å². The summed E-state index contributed by atoms with van der Waals surface area (Å²) in [7, 11) is 0. The maximum atomic E-state index is 14.2. The van der Waals surface area contributed by atoms with E-state index in [9.17, 15) is 18.7 Å². The summed E-state index contributed by atoms with van der Waals surface area (Å²) in [5.74, 6) is -2.68. The molecule has 0 aliphatic rings. The highest BCUT2D eigenvalue weighted by Crippen LogP contribution is 2.30. The normalized spacial score (nSPS) is 11.7. The van der Waals surface area contributed by atoms with Crippen LogP contribution in [-0.2, 0) is 0 Å². The van der Waals surface area contributed by atoms with Gasteiger partial charge in [0.1, 0.15) is 11.4 Å². The number of phenolic OH excluding ortho intramolecular Hbond substituents is 1. The maximum absolute atomic E-state index is 14.2. The molecule has 144 valence electrons. The van der Waals surface area contributed by atoms with Gasteiger partial charge in [0.15, 0.2) is 17.4 Å². The second kappa shape index (κ2) is 7.20. The Kier molecular flexibility index (Phi) is 4.56. The minimum atomic E-state index is -1.14. The molecule has 0 fully saturated rings. The van der Waals surface area contributed by atoms with Crippen molar-refractivity contribution in [2.75, 3.05) is 0 Å². The Hall–Kier alpha value is -4.00. The first-order chi connectivity index (χ1) is 14.0. The number of carbonyl (C=O) groups is 1. The number of ketones is 1. The van der Waals surface area contributed by atoms with E-state index in [0.717, 1.165) is 12.3 Å². The first-order valence-electron chi connectivity index (χ1n) is 8.67. The van der Waals surface area contributed by atoms with Crippen molar-refractivity contribution in [2.45, 2.75) is 0 Å². The molecule has 0 unspecified atom stereocenters. The molecular weight excluding hydrogens is 376 g/mol. The molecule has 7 heteroatoms. The Morgan fingerprint density at radius 1 is 1.07 bits per heavy atom. The van der Waals surface area contributed by atoms with Crippen molar-refractivity contribution in [3.8, 4) is 16.9 Å². The molecule has 2 aromatic carbocycles. The summed E-state index contributed by atoms with van der Waals surface area (Å²) in [6.45, 7) is 0. The van der Waals surface area contributed by atoms with Crippen molar-refractivity contribution in [3.63, 3.8) is 0 Å². The van der Waals surface area contributed by atoms with E-state index in [4.69, 9.17) is 5.73 Å². The zero-order valence-corrected chi connectivity index (χ0v) is 15.0. The molecule has 0 atom stereocenters. The number of hydrogen-bond acceptors (Lipinski definition) is 4. The van der Waals surface area contributed by atoms with Gasteiger partial charge in [-0.15, -0.1) is 0 Å². The molecular formula is C22H15F2N3O2. The number of halogens is 2. The molecule has 4 aromatic rings. The summed E-state index contributed by atoms with van der Waals surface area (Å²) in [5, 5.41) is 10.2. The fourth-order valence-corrected chi connectivity index (χ4v) is 3.18. The molecule has 0 bridgehead atoms. The van der Waals surface area contributed by atoms with Crippen molar-refractivity contribution in [1.82, 2.24) is 9.97 Å². The minimum Gasteiger partial charge on any atom is -0.508 e. The smallest absolute Gasteiger partial charge is 0.197 e. The number of aromatic nitrogens is 2. The van der Waals surface area contributed by atoms with Gasteiger partial charge >= 0.3 is 0 Å². The number of phenols is 1. The summed E-state index contributed by atoms with van der Waals surface area (Å²) in [6, 6.07) is 11.9. The summed E-state index contributed by atoms with van der Waals surface area (Å²) in [4.78, 5) is 20.3. The minimum absolute atomic E-state index is 0.0999. The van der Waals surface area contributed by atoms with Crippen LogP contribution in [0.1, 0.15) is 15.9 Å². The second-order valence-electron chi connectivity index (χ2n) is 6.38. The van der Waals surface area contributed by atoms with Crippen LogP contribution < -0.4 is 5.73 Å². The van der Waals surface area contributed by atoms with Gasteiger partial charge in [-0.3, -0.25) is 4.79 Å². The molecule has 2 heterocycles. The van der Waals surface area contributed by atoms with Crippen LogP contribution in [0.15, 0.2) is 67.1 Å². The third-order valence-electron chi connectivity index (χ3n) is 4.61. The van der Waals surface area contributed by atoms with Gasteiger partial charge in [-0.2, -0.15) is 0 Å². The number of nitrogens with one attached hydrogen (secondary N) is 1. The zero-order valence-electron chi connectivity index (χ0n) is 15.0. The van der Waals surface area contributed by atoms with Crippen LogP contribution >= 0.6 is 0 Å². The van der Waals surface area contributed by atoms with Crippen LogP contribution in [0.2, 0.25) is 0 Å². The third kappa shape index (κ3) is 3.23. The van der Waals surface area contributed by atoms with Crippen molar-refractivity contribution >= 4 is 22.4 Å². The number of aromatic hydroxyl groups is 1. The second-order valence-corrected chi connectivity index (χ2v) is 6.38. The Balaban J connectivity index is 1.82. The van der Waals surface area contributed by atoms with Crippen molar-refractivity contribution in [1.29, 1.82) is 0 Å². The SMILES string of the molecule is NC=C(C(=O)c1c[nH]c2ncc(-c3cccc(O)c3)cc12)c1cccc(F)c1F. The molecule has 2 aromatic heterocycles. The number of fused-ring (bicyclic) bond motifs is 1. The molecule has 0 saturated heterocycles. The lowest BCUT2D eigenvalue weighted by Gasteiger charge is -2.08. The number of Topliss-reactive ketones (excluding diaryl/α,β-unsaturated/α-hetero) is 1. The Bertz CT molecular complexity index is 1280. The number of hydrogen-bond donors (Lipinski definition) is 3. The van der Waals surface area contributed by atoms with Gasteiger partial charge < -0.3 is 15.8 Å². The van der Waals surface area contributed by atoms with Crippen molar-refractivity contribution in [3.05, 3.63) is 89.9 Å². The van der Waals surface area contributed by atoms with E-state index >= 15 is 0 Å². The highest BCUT2D eigenvalue weighted by molar-refractivity contribution is 6.32. The van der Waals surface area contributed by atoms with Crippen LogP contribution in [0, 0.1) is 11.6 Å².